The molecule has 104 valence electrons. The van der Waals surface area contributed by atoms with Gasteiger partial charge < -0.3 is 10.2 Å². The number of hydrazone groups is 1. The van der Waals surface area contributed by atoms with Crippen molar-refractivity contribution >= 4 is 11.6 Å². The van der Waals surface area contributed by atoms with Gasteiger partial charge in [-0.15, -0.1) is 0 Å². The van der Waals surface area contributed by atoms with Gasteiger partial charge in [-0.2, -0.15) is 10.2 Å². The van der Waals surface area contributed by atoms with Crippen molar-refractivity contribution in [2.24, 2.45) is 12.1 Å². The fourth-order valence-corrected chi connectivity index (χ4v) is 1.66. The first-order valence-electron chi connectivity index (χ1n) is 5.84. The number of hydrogen-bond acceptors (Lipinski definition) is 5. The van der Waals surface area contributed by atoms with Crippen LogP contribution >= 0.6 is 0 Å². The summed E-state index contributed by atoms with van der Waals surface area (Å²) in [6, 6.07) is 5.64. The van der Waals surface area contributed by atoms with Gasteiger partial charge in [0, 0.05) is 18.8 Å². The van der Waals surface area contributed by atoms with Crippen molar-refractivity contribution in [1.29, 1.82) is 0 Å². The molecular weight excluding hydrogens is 260 g/mol. The van der Waals surface area contributed by atoms with Crippen LogP contribution in [0.5, 0.6) is 11.5 Å². The van der Waals surface area contributed by atoms with Crippen LogP contribution in [0.4, 0.5) is 0 Å². The molecule has 0 unspecified atom stereocenters. The molecule has 0 radical (unpaired) electrons. The lowest BCUT2D eigenvalue weighted by Crippen LogP contribution is -2.22. The van der Waals surface area contributed by atoms with E-state index < -0.39 is 5.91 Å². The van der Waals surface area contributed by atoms with E-state index in [1.165, 1.54) is 29.1 Å². The van der Waals surface area contributed by atoms with Gasteiger partial charge in [0.15, 0.2) is 0 Å². The maximum atomic E-state index is 11.8. The van der Waals surface area contributed by atoms with Crippen LogP contribution in [0.25, 0.3) is 0 Å². The molecule has 0 spiro atoms. The molecule has 20 heavy (non-hydrogen) atoms. The number of benzene rings is 1. The molecule has 2 rings (SSSR count). The van der Waals surface area contributed by atoms with Gasteiger partial charge in [-0.05, 0) is 31.2 Å². The highest BCUT2D eigenvalue weighted by Crippen LogP contribution is 2.22. The maximum absolute atomic E-state index is 11.8. The van der Waals surface area contributed by atoms with Gasteiger partial charge in [0.1, 0.15) is 17.2 Å². The highest BCUT2D eigenvalue weighted by molar-refractivity contribution is 6.02. The minimum Gasteiger partial charge on any atom is -0.508 e. The topological polar surface area (TPSA) is 99.7 Å². The van der Waals surface area contributed by atoms with Crippen LogP contribution < -0.4 is 5.43 Å². The monoisotopic (exact) mass is 274 g/mol. The van der Waals surface area contributed by atoms with E-state index in [0.717, 1.165) is 0 Å². The maximum Gasteiger partial charge on any atom is 0.289 e. The molecule has 1 aromatic carbocycles. The quantitative estimate of drug-likeness (QED) is 0.441. The Morgan fingerprint density at radius 2 is 2.10 bits per heavy atom. The van der Waals surface area contributed by atoms with Crippen molar-refractivity contribution < 1.29 is 15.0 Å². The van der Waals surface area contributed by atoms with E-state index in [1.807, 2.05) is 0 Å². The Balaban J connectivity index is 2.17. The Bertz CT molecular complexity index is 676. The number of aromatic hydroxyl groups is 2. The summed E-state index contributed by atoms with van der Waals surface area (Å²) in [7, 11) is 1.65. The first kappa shape index (κ1) is 13.6. The van der Waals surface area contributed by atoms with Gasteiger partial charge in [-0.1, -0.05) is 0 Å². The number of aryl methyl sites for hydroxylation is 1. The van der Waals surface area contributed by atoms with Gasteiger partial charge in [-0.25, -0.2) is 5.43 Å². The molecule has 0 fully saturated rings. The van der Waals surface area contributed by atoms with E-state index in [1.54, 1.807) is 20.0 Å². The van der Waals surface area contributed by atoms with E-state index >= 15 is 0 Å². The highest BCUT2D eigenvalue weighted by Gasteiger charge is 2.10. The standard InChI is InChI=1S/C13H14N4O3/c1-8(10-7-9(18)3-4-12(10)19)15-16-13(20)11-5-6-14-17(11)2/h3-7,18-19H,1-2H3,(H,16,20)/b15-8+. The van der Waals surface area contributed by atoms with Crippen LogP contribution in [0, 0.1) is 0 Å². The molecule has 1 amide bonds. The van der Waals surface area contributed by atoms with Crippen molar-refractivity contribution in [2.75, 3.05) is 0 Å². The van der Waals surface area contributed by atoms with E-state index in [2.05, 4.69) is 15.6 Å². The number of rotatable bonds is 3. The zero-order chi connectivity index (χ0) is 14.7. The van der Waals surface area contributed by atoms with Gasteiger partial charge in [0.05, 0.1) is 5.71 Å². The molecule has 7 heteroatoms. The third-order valence-electron chi connectivity index (χ3n) is 2.75. The Hall–Kier alpha value is -2.83. The molecule has 1 heterocycles. The lowest BCUT2D eigenvalue weighted by atomic mass is 10.1. The molecule has 0 aliphatic rings. The fourth-order valence-electron chi connectivity index (χ4n) is 1.66. The van der Waals surface area contributed by atoms with Gasteiger partial charge in [0.2, 0.25) is 0 Å². The molecule has 3 N–H and O–H groups in total. The molecular formula is C13H14N4O3. The average molecular weight is 274 g/mol. The molecule has 0 bridgehead atoms. The van der Waals surface area contributed by atoms with Crippen molar-refractivity contribution in [3.63, 3.8) is 0 Å². The zero-order valence-electron chi connectivity index (χ0n) is 11.0. The summed E-state index contributed by atoms with van der Waals surface area (Å²) in [5.74, 6) is -0.437. The second-order valence-corrected chi connectivity index (χ2v) is 4.18. The Labute approximate surface area is 115 Å². The number of hydrogen-bond donors (Lipinski definition) is 3. The van der Waals surface area contributed by atoms with Crippen LogP contribution in [0.2, 0.25) is 0 Å². The summed E-state index contributed by atoms with van der Waals surface area (Å²) in [4.78, 5) is 11.8. The van der Waals surface area contributed by atoms with Crippen molar-refractivity contribution in [3.8, 4) is 11.5 Å². The van der Waals surface area contributed by atoms with Crippen molar-refractivity contribution in [1.82, 2.24) is 15.2 Å². The Morgan fingerprint density at radius 1 is 1.35 bits per heavy atom. The number of carbonyl (C=O) groups is 1. The molecule has 0 atom stereocenters. The Kier molecular flexibility index (Phi) is 3.69. The van der Waals surface area contributed by atoms with Gasteiger partial charge >= 0.3 is 0 Å². The molecule has 7 nitrogen and oxygen atoms in total. The zero-order valence-corrected chi connectivity index (χ0v) is 11.0. The van der Waals surface area contributed by atoms with Crippen LogP contribution in [-0.2, 0) is 7.05 Å². The summed E-state index contributed by atoms with van der Waals surface area (Å²) >= 11 is 0. The smallest absolute Gasteiger partial charge is 0.289 e. The number of aromatic nitrogens is 2. The predicted octanol–water partition coefficient (Wildman–Crippen LogP) is 0.985. The first-order chi connectivity index (χ1) is 9.49. The van der Waals surface area contributed by atoms with Crippen molar-refractivity contribution in [3.05, 3.63) is 41.7 Å². The van der Waals surface area contributed by atoms with Crippen LogP contribution in [-0.4, -0.2) is 31.6 Å². The second-order valence-electron chi connectivity index (χ2n) is 4.18. The predicted molar refractivity (Wildman–Crippen MR) is 72.7 cm³/mol. The van der Waals surface area contributed by atoms with E-state index in [-0.39, 0.29) is 11.5 Å². The van der Waals surface area contributed by atoms with Gasteiger partial charge in [-0.3, -0.25) is 9.48 Å². The minimum atomic E-state index is -0.413. The summed E-state index contributed by atoms with van der Waals surface area (Å²) in [6.07, 6.45) is 1.51. The van der Waals surface area contributed by atoms with E-state index in [4.69, 9.17) is 0 Å². The first-order valence-corrected chi connectivity index (χ1v) is 5.84. The third kappa shape index (κ3) is 2.77. The Morgan fingerprint density at radius 3 is 2.75 bits per heavy atom. The summed E-state index contributed by atoms with van der Waals surface area (Å²) in [6.45, 7) is 1.61. The highest BCUT2D eigenvalue weighted by atomic mass is 16.3. The fraction of sp³-hybridized carbons (Fsp3) is 0.154. The number of carbonyl (C=O) groups excluding carboxylic acids is 1. The van der Waals surface area contributed by atoms with E-state index in [9.17, 15) is 15.0 Å². The van der Waals surface area contributed by atoms with Crippen LogP contribution in [0.3, 0.4) is 0 Å². The molecule has 2 aromatic rings. The average Bonchev–Trinajstić information content (AvgIpc) is 2.84. The summed E-state index contributed by atoms with van der Waals surface area (Å²) in [5, 5.41) is 26.8. The normalized spacial score (nSPS) is 11.4. The van der Waals surface area contributed by atoms with Crippen molar-refractivity contribution in [2.45, 2.75) is 6.92 Å². The van der Waals surface area contributed by atoms with Crippen LogP contribution in [0.15, 0.2) is 35.6 Å². The van der Waals surface area contributed by atoms with E-state index in [0.29, 0.717) is 17.0 Å². The number of phenolic OH excluding ortho intramolecular Hbond substituents is 2. The number of nitrogens with one attached hydrogen (secondary N) is 1. The molecule has 0 aliphatic carbocycles. The number of nitrogens with zero attached hydrogens (tertiary/aromatic N) is 3. The largest absolute Gasteiger partial charge is 0.508 e. The second kappa shape index (κ2) is 5.43. The lowest BCUT2D eigenvalue weighted by molar-refractivity contribution is 0.0945. The molecule has 0 saturated carbocycles. The molecule has 0 saturated heterocycles. The van der Waals surface area contributed by atoms with Crippen LogP contribution in [0.1, 0.15) is 23.0 Å². The summed E-state index contributed by atoms with van der Waals surface area (Å²) < 4.78 is 1.42. The number of amides is 1. The third-order valence-corrected chi connectivity index (χ3v) is 2.75. The number of phenols is 2. The summed E-state index contributed by atoms with van der Waals surface area (Å²) in [5.41, 5.74) is 3.44. The molecule has 1 aromatic heterocycles. The SMILES string of the molecule is C/C(=N\NC(=O)c1ccnn1C)c1cc(O)ccc1O. The van der Waals surface area contributed by atoms with Gasteiger partial charge in [0.25, 0.3) is 5.91 Å². The lowest BCUT2D eigenvalue weighted by Gasteiger charge is -2.05. The minimum absolute atomic E-state index is 0.00492. The molecule has 0 aliphatic heterocycles.